The highest BCUT2D eigenvalue weighted by molar-refractivity contribution is 5.70. The second kappa shape index (κ2) is 8.90. The van der Waals surface area contributed by atoms with E-state index in [-0.39, 0.29) is 18.2 Å². The molecule has 2 unspecified atom stereocenters. The Bertz CT molecular complexity index is 665. The summed E-state index contributed by atoms with van der Waals surface area (Å²) < 4.78 is 18.0. The van der Waals surface area contributed by atoms with Gasteiger partial charge in [-0.1, -0.05) is 38.2 Å². The molecule has 1 aromatic heterocycles. The fraction of sp³-hybridized carbons (Fsp3) is 0.739. The van der Waals surface area contributed by atoms with Crippen molar-refractivity contribution >= 4 is 6.09 Å². The van der Waals surface area contributed by atoms with E-state index in [9.17, 15) is 4.79 Å². The molecule has 1 aliphatic carbocycles. The average molecular weight is 405 g/mol. The average Bonchev–Trinajstić information content (AvgIpc) is 2.90. The molecule has 0 radical (unpaired) electrons. The first-order valence-corrected chi connectivity index (χ1v) is 10.9. The number of amides is 1. The van der Waals surface area contributed by atoms with Gasteiger partial charge in [-0.3, -0.25) is 4.90 Å². The van der Waals surface area contributed by atoms with Crippen LogP contribution in [-0.2, 0) is 9.47 Å². The Hall–Kier alpha value is -1.82. The Kier molecular flexibility index (Phi) is 6.72. The lowest BCUT2D eigenvalue weighted by molar-refractivity contribution is -0.0850. The van der Waals surface area contributed by atoms with Crippen LogP contribution in [0.4, 0.5) is 4.79 Å². The molecular formula is C23H36N2O4. The zero-order valence-corrected chi connectivity index (χ0v) is 18.5. The lowest BCUT2D eigenvalue weighted by Gasteiger charge is -2.36. The van der Waals surface area contributed by atoms with Gasteiger partial charge in [-0.2, -0.15) is 0 Å². The van der Waals surface area contributed by atoms with E-state index < -0.39 is 11.3 Å². The van der Waals surface area contributed by atoms with Gasteiger partial charge < -0.3 is 14.2 Å². The fourth-order valence-electron chi connectivity index (χ4n) is 4.50. The van der Waals surface area contributed by atoms with Gasteiger partial charge in [0.1, 0.15) is 24.0 Å². The van der Waals surface area contributed by atoms with Crippen molar-refractivity contribution in [2.45, 2.75) is 96.6 Å². The summed E-state index contributed by atoms with van der Waals surface area (Å²) in [6, 6.07) is 5.51. The van der Waals surface area contributed by atoms with E-state index in [1.54, 1.807) is 11.1 Å². The molecule has 1 saturated heterocycles. The van der Waals surface area contributed by atoms with Crippen LogP contribution >= 0.6 is 0 Å². The minimum atomic E-state index is -0.750. The Morgan fingerprint density at radius 2 is 1.97 bits per heavy atom. The van der Waals surface area contributed by atoms with Crippen LogP contribution in [0.1, 0.15) is 73.1 Å². The molecule has 6 heteroatoms. The van der Waals surface area contributed by atoms with Gasteiger partial charge in [0.05, 0.1) is 6.04 Å². The zero-order valence-electron chi connectivity index (χ0n) is 18.5. The predicted molar refractivity (Wildman–Crippen MR) is 112 cm³/mol. The standard InChI is InChI=1S/C23H36N2O4/c1-22(2,3)29-21(26)25-18(15-17-11-7-6-8-12-17)19(28-23(25,4)5)16-27-20-13-9-10-14-24-20/h9-10,13-14,17-19H,6-8,11-12,15-16H2,1-5H3. The molecule has 2 heterocycles. The third kappa shape index (κ3) is 5.84. The molecular weight excluding hydrogens is 368 g/mol. The van der Waals surface area contributed by atoms with Crippen molar-refractivity contribution < 1.29 is 19.0 Å². The second-order valence-electron chi connectivity index (χ2n) is 9.74. The summed E-state index contributed by atoms with van der Waals surface area (Å²) in [7, 11) is 0. The summed E-state index contributed by atoms with van der Waals surface area (Å²) in [5.74, 6) is 1.18. The van der Waals surface area contributed by atoms with Gasteiger partial charge in [-0.05, 0) is 53.0 Å². The smallest absolute Gasteiger partial charge is 0.412 e. The van der Waals surface area contributed by atoms with Gasteiger partial charge >= 0.3 is 6.09 Å². The predicted octanol–water partition coefficient (Wildman–Crippen LogP) is 5.17. The molecule has 0 bridgehead atoms. The van der Waals surface area contributed by atoms with Crippen LogP contribution in [0, 0.1) is 5.92 Å². The van der Waals surface area contributed by atoms with Crippen molar-refractivity contribution in [3.05, 3.63) is 24.4 Å². The fourth-order valence-corrected chi connectivity index (χ4v) is 4.50. The lowest BCUT2D eigenvalue weighted by Crippen LogP contribution is -2.51. The Labute approximate surface area is 174 Å². The highest BCUT2D eigenvalue weighted by Crippen LogP contribution is 2.39. The Morgan fingerprint density at radius 3 is 2.59 bits per heavy atom. The number of hydrogen-bond acceptors (Lipinski definition) is 5. The summed E-state index contributed by atoms with van der Waals surface area (Å²) >= 11 is 0. The topological polar surface area (TPSA) is 60.9 Å². The normalized spacial score (nSPS) is 25.1. The molecule has 162 valence electrons. The maximum Gasteiger partial charge on any atom is 0.412 e. The van der Waals surface area contributed by atoms with Crippen molar-refractivity contribution in [2.75, 3.05) is 6.61 Å². The van der Waals surface area contributed by atoms with E-state index in [2.05, 4.69) is 4.98 Å². The molecule has 0 N–H and O–H groups in total. The van der Waals surface area contributed by atoms with E-state index in [0.29, 0.717) is 18.4 Å². The summed E-state index contributed by atoms with van der Waals surface area (Å²) in [4.78, 5) is 19.2. The molecule has 0 spiro atoms. The van der Waals surface area contributed by atoms with E-state index >= 15 is 0 Å². The quantitative estimate of drug-likeness (QED) is 0.677. The van der Waals surface area contributed by atoms with Crippen LogP contribution in [0.3, 0.4) is 0 Å². The van der Waals surface area contributed by atoms with Gasteiger partial charge in [-0.25, -0.2) is 9.78 Å². The number of hydrogen-bond donors (Lipinski definition) is 0. The molecule has 2 fully saturated rings. The number of nitrogens with zero attached hydrogens (tertiary/aromatic N) is 2. The maximum atomic E-state index is 13.1. The first-order chi connectivity index (χ1) is 13.7. The minimum absolute atomic E-state index is 0.0772. The van der Waals surface area contributed by atoms with Crippen LogP contribution in [0.15, 0.2) is 24.4 Å². The number of pyridine rings is 1. The van der Waals surface area contributed by atoms with Gasteiger partial charge in [0.25, 0.3) is 0 Å². The highest BCUT2D eigenvalue weighted by Gasteiger charge is 2.51. The van der Waals surface area contributed by atoms with Crippen LogP contribution < -0.4 is 4.74 Å². The molecule has 29 heavy (non-hydrogen) atoms. The number of ether oxygens (including phenoxy) is 3. The molecule has 0 aromatic carbocycles. The van der Waals surface area contributed by atoms with E-state index in [1.165, 1.54) is 32.1 Å². The Balaban J connectivity index is 1.78. The minimum Gasteiger partial charge on any atom is -0.475 e. The molecule has 1 aromatic rings. The largest absolute Gasteiger partial charge is 0.475 e. The number of aromatic nitrogens is 1. The van der Waals surface area contributed by atoms with E-state index in [1.807, 2.05) is 52.8 Å². The van der Waals surface area contributed by atoms with Crippen LogP contribution in [0.5, 0.6) is 5.88 Å². The van der Waals surface area contributed by atoms with Crippen molar-refractivity contribution in [3.63, 3.8) is 0 Å². The molecule has 1 amide bonds. The van der Waals surface area contributed by atoms with Crippen molar-refractivity contribution in [1.29, 1.82) is 0 Å². The first-order valence-electron chi connectivity index (χ1n) is 10.9. The van der Waals surface area contributed by atoms with E-state index in [0.717, 1.165) is 6.42 Å². The van der Waals surface area contributed by atoms with Crippen LogP contribution in [0.25, 0.3) is 0 Å². The molecule has 1 aliphatic heterocycles. The summed E-state index contributed by atoms with van der Waals surface area (Å²) in [5.41, 5.74) is -1.30. The highest BCUT2D eigenvalue weighted by atomic mass is 16.6. The third-order valence-electron chi connectivity index (χ3n) is 5.70. The third-order valence-corrected chi connectivity index (χ3v) is 5.70. The zero-order chi connectivity index (χ0) is 21.1. The van der Waals surface area contributed by atoms with Crippen LogP contribution in [-0.4, -0.2) is 46.1 Å². The lowest BCUT2D eigenvalue weighted by atomic mass is 9.83. The van der Waals surface area contributed by atoms with Gasteiger partial charge in [0, 0.05) is 12.3 Å². The number of rotatable bonds is 5. The maximum absolute atomic E-state index is 13.1. The van der Waals surface area contributed by atoms with Gasteiger partial charge in [0.15, 0.2) is 0 Å². The Morgan fingerprint density at radius 1 is 1.24 bits per heavy atom. The van der Waals surface area contributed by atoms with Crippen molar-refractivity contribution in [3.8, 4) is 5.88 Å². The molecule has 3 rings (SSSR count). The second-order valence-corrected chi connectivity index (χ2v) is 9.74. The van der Waals surface area contributed by atoms with Gasteiger partial charge in [0.2, 0.25) is 5.88 Å². The van der Waals surface area contributed by atoms with Crippen LogP contribution in [0.2, 0.25) is 0 Å². The summed E-state index contributed by atoms with van der Waals surface area (Å²) in [6.07, 6.45) is 8.36. The van der Waals surface area contributed by atoms with E-state index in [4.69, 9.17) is 14.2 Å². The monoisotopic (exact) mass is 404 g/mol. The van der Waals surface area contributed by atoms with Crippen molar-refractivity contribution in [1.82, 2.24) is 9.88 Å². The van der Waals surface area contributed by atoms with Crippen molar-refractivity contribution in [2.24, 2.45) is 5.92 Å². The SMILES string of the molecule is CC(C)(C)OC(=O)N1C(CC2CCCCC2)C(COc2ccccn2)OC1(C)C. The molecule has 1 saturated carbocycles. The molecule has 2 aliphatic rings. The molecule has 6 nitrogen and oxygen atoms in total. The number of carbonyl (C=O) groups is 1. The molecule has 2 atom stereocenters. The summed E-state index contributed by atoms with van der Waals surface area (Å²) in [5, 5.41) is 0. The van der Waals surface area contributed by atoms with Gasteiger partial charge in [-0.15, -0.1) is 0 Å². The summed E-state index contributed by atoms with van der Waals surface area (Å²) in [6.45, 7) is 9.92. The first kappa shape index (κ1) is 21.9. The number of carbonyl (C=O) groups excluding carboxylic acids is 1.